The number of aryl methyl sites for hydroxylation is 3. The fourth-order valence-electron chi connectivity index (χ4n) is 5.30. The minimum atomic E-state index is -4.16. The van der Waals surface area contributed by atoms with E-state index in [1.165, 1.54) is 9.21 Å². The lowest BCUT2D eigenvalue weighted by molar-refractivity contribution is -0.140. The molecule has 0 fully saturated rings. The first kappa shape index (κ1) is 33.5. The van der Waals surface area contributed by atoms with Crippen LogP contribution in [0.5, 0.6) is 0 Å². The summed E-state index contributed by atoms with van der Waals surface area (Å²) in [7, 11) is -4.16. The molecule has 0 saturated carbocycles. The molecule has 0 aliphatic carbocycles. The Kier molecular flexibility index (Phi) is 10.8. The van der Waals surface area contributed by atoms with Crippen molar-refractivity contribution in [2.75, 3.05) is 10.8 Å². The van der Waals surface area contributed by atoms with Gasteiger partial charge in [0.25, 0.3) is 10.0 Å². The van der Waals surface area contributed by atoms with Gasteiger partial charge in [-0.25, -0.2) is 8.42 Å². The number of hydrogen-bond donors (Lipinski definition) is 1. The largest absolute Gasteiger partial charge is 0.352 e. The number of carbonyl (C=O) groups excluding carboxylic acids is 2. The van der Waals surface area contributed by atoms with Crippen molar-refractivity contribution < 1.29 is 18.0 Å². The fourth-order valence-corrected chi connectivity index (χ4v) is 6.77. The molecule has 4 aromatic carbocycles. The van der Waals surface area contributed by atoms with Crippen molar-refractivity contribution in [2.45, 2.75) is 71.5 Å². The zero-order valence-electron chi connectivity index (χ0n) is 26.9. The highest BCUT2D eigenvalue weighted by molar-refractivity contribution is 7.92. The number of hydrogen-bond acceptors (Lipinski definition) is 4. The lowest BCUT2D eigenvalue weighted by Crippen LogP contribution is -2.54. The van der Waals surface area contributed by atoms with E-state index in [2.05, 4.69) is 5.32 Å². The van der Waals surface area contributed by atoms with Crippen molar-refractivity contribution in [2.24, 2.45) is 0 Å². The number of rotatable bonds is 12. The van der Waals surface area contributed by atoms with Crippen LogP contribution in [-0.2, 0) is 32.6 Å². The molecule has 0 heterocycles. The molecule has 4 rings (SSSR count). The van der Waals surface area contributed by atoms with Gasteiger partial charge in [-0.2, -0.15) is 0 Å². The number of anilines is 1. The SMILES string of the molecule is Cc1ccc(S(=O)(=O)N(CC(=O)N(Cc2cccc(C)c2)[C@@H](Cc2ccccc2)C(=O)NC(C)C)c2cccc(C)c2C)cc1. The summed E-state index contributed by atoms with van der Waals surface area (Å²) in [6.07, 6.45) is 0.269. The topological polar surface area (TPSA) is 86.8 Å². The minimum absolute atomic E-state index is 0.0884. The summed E-state index contributed by atoms with van der Waals surface area (Å²) in [5, 5.41) is 2.99. The highest BCUT2D eigenvalue weighted by Gasteiger charge is 2.35. The fraction of sp³-hybridized carbons (Fsp3) is 0.297. The zero-order valence-corrected chi connectivity index (χ0v) is 27.8. The van der Waals surface area contributed by atoms with Crippen LogP contribution in [0.1, 0.15) is 47.2 Å². The monoisotopic (exact) mass is 625 g/mol. The van der Waals surface area contributed by atoms with Crippen molar-refractivity contribution in [3.8, 4) is 0 Å². The molecular formula is C37H43N3O4S. The first-order valence-electron chi connectivity index (χ1n) is 15.2. The van der Waals surface area contributed by atoms with Gasteiger partial charge in [-0.1, -0.05) is 90.0 Å². The molecule has 7 nitrogen and oxygen atoms in total. The van der Waals surface area contributed by atoms with Gasteiger partial charge in [-0.05, 0) is 82.0 Å². The summed E-state index contributed by atoms with van der Waals surface area (Å²) in [6, 6.07) is 28.3. The number of carbonyl (C=O) groups is 2. The molecular weight excluding hydrogens is 582 g/mol. The van der Waals surface area contributed by atoms with E-state index in [-0.39, 0.29) is 29.8 Å². The van der Waals surface area contributed by atoms with E-state index < -0.39 is 28.5 Å². The standard InChI is InChI=1S/C37H43N3O4S/c1-26(2)38-37(42)35(23-31-14-8-7-9-15-31)39(24-32-16-10-12-28(4)22-32)36(41)25-40(34-17-11-13-29(5)30(34)6)45(43,44)33-20-18-27(3)19-21-33/h7-22,26,35H,23-25H2,1-6H3,(H,38,42)/t35-/m0/s1. The average Bonchev–Trinajstić information content (AvgIpc) is 2.99. The van der Waals surface area contributed by atoms with Gasteiger partial charge in [-0.3, -0.25) is 13.9 Å². The first-order valence-corrected chi connectivity index (χ1v) is 16.7. The Bertz CT molecular complexity index is 1740. The molecule has 0 spiro atoms. The Balaban J connectivity index is 1.84. The maximum Gasteiger partial charge on any atom is 0.264 e. The second-order valence-electron chi connectivity index (χ2n) is 11.9. The number of sulfonamides is 1. The van der Waals surface area contributed by atoms with Crippen molar-refractivity contribution in [1.82, 2.24) is 10.2 Å². The zero-order chi connectivity index (χ0) is 32.7. The predicted molar refractivity (Wildman–Crippen MR) is 181 cm³/mol. The number of benzene rings is 4. The van der Waals surface area contributed by atoms with E-state index in [1.807, 2.05) is 102 Å². The lowest BCUT2D eigenvalue weighted by Gasteiger charge is -2.34. The molecule has 8 heteroatoms. The molecule has 0 unspecified atom stereocenters. The van der Waals surface area contributed by atoms with Crippen LogP contribution in [0.4, 0.5) is 5.69 Å². The van der Waals surface area contributed by atoms with Crippen molar-refractivity contribution in [3.63, 3.8) is 0 Å². The van der Waals surface area contributed by atoms with E-state index >= 15 is 0 Å². The number of nitrogens with one attached hydrogen (secondary N) is 1. The van der Waals surface area contributed by atoms with Crippen LogP contribution < -0.4 is 9.62 Å². The maximum absolute atomic E-state index is 14.6. The van der Waals surface area contributed by atoms with Gasteiger partial charge in [0.15, 0.2) is 0 Å². The van der Waals surface area contributed by atoms with Crippen LogP contribution in [0.3, 0.4) is 0 Å². The second-order valence-corrected chi connectivity index (χ2v) is 13.8. The number of amides is 2. The molecule has 4 aromatic rings. The van der Waals surface area contributed by atoms with Gasteiger partial charge < -0.3 is 10.2 Å². The van der Waals surface area contributed by atoms with E-state index in [0.29, 0.717) is 5.69 Å². The molecule has 0 saturated heterocycles. The van der Waals surface area contributed by atoms with Gasteiger partial charge in [0, 0.05) is 19.0 Å². The molecule has 45 heavy (non-hydrogen) atoms. The summed E-state index contributed by atoms with van der Waals surface area (Å²) in [4.78, 5) is 30.1. The van der Waals surface area contributed by atoms with E-state index in [0.717, 1.165) is 33.4 Å². The summed E-state index contributed by atoms with van der Waals surface area (Å²) in [6.45, 7) is 11.0. The van der Waals surface area contributed by atoms with Gasteiger partial charge >= 0.3 is 0 Å². The highest BCUT2D eigenvalue weighted by Crippen LogP contribution is 2.29. The second kappa shape index (κ2) is 14.6. The van der Waals surface area contributed by atoms with E-state index in [9.17, 15) is 18.0 Å². The normalized spacial score (nSPS) is 12.1. The van der Waals surface area contributed by atoms with Crippen molar-refractivity contribution >= 4 is 27.5 Å². The van der Waals surface area contributed by atoms with Crippen LogP contribution in [0, 0.1) is 27.7 Å². The Morgan fingerprint density at radius 1 is 0.756 bits per heavy atom. The predicted octanol–water partition coefficient (Wildman–Crippen LogP) is 6.28. The molecule has 0 radical (unpaired) electrons. The molecule has 1 N–H and O–H groups in total. The molecule has 2 amide bonds. The van der Waals surface area contributed by atoms with Crippen LogP contribution in [-0.4, -0.2) is 43.8 Å². The molecule has 1 atom stereocenters. The third kappa shape index (κ3) is 8.39. The third-order valence-corrected chi connectivity index (χ3v) is 9.64. The first-order chi connectivity index (χ1) is 21.4. The summed E-state index contributed by atoms with van der Waals surface area (Å²) in [5.74, 6) is -0.775. The average molecular weight is 626 g/mol. The summed E-state index contributed by atoms with van der Waals surface area (Å²) >= 11 is 0. The summed E-state index contributed by atoms with van der Waals surface area (Å²) < 4.78 is 29.8. The van der Waals surface area contributed by atoms with Crippen LogP contribution in [0.15, 0.2) is 102 Å². The van der Waals surface area contributed by atoms with Crippen molar-refractivity contribution in [1.29, 1.82) is 0 Å². The minimum Gasteiger partial charge on any atom is -0.352 e. The van der Waals surface area contributed by atoms with Gasteiger partial charge in [-0.15, -0.1) is 0 Å². The van der Waals surface area contributed by atoms with Gasteiger partial charge in [0.1, 0.15) is 12.6 Å². The quantitative estimate of drug-likeness (QED) is 0.201. The third-order valence-electron chi connectivity index (χ3n) is 7.87. The Labute approximate surface area is 268 Å². The van der Waals surface area contributed by atoms with Gasteiger partial charge in [0.2, 0.25) is 11.8 Å². The van der Waals surface area contributed by atoms with Crippen molar-refractivity contribution in [3.05, 3.63) is 130 Å². The Hall–Kier alpha value is -4.43. The van der Waals surface area contributed by atoms with E-state index in [4.69, 9.17) is 0 Å². The van der Waals surface area contributed by atoms with Crippen LogP contribution >= 0.6 is 0 Å². The van der Waals surface area contributed by atoms with E-state index in [1.54, 1.807) is 36.4 Å². The molecule has 236 valence electrons. The highest BCUT2D eigenvalue weighted by atomic mass is 32.2. The van der Waals surface area contributed by atoms with Gasteiger partial charge in [0.05, 0.1) is 10.6 Å². The molecule has 0 bridgehead atoms. The molecule has 0 aliphatic heterocycles. The summed E-state index contributed by atoms with van der Waals surface area (Å²) in [5.41, 5.74) is 5.76. The number of nitrogens with zero attached hydrogens (tertiary/aromatic N) is 2. The Morgan fingerprint density at radius 3 is 2.04 bits per heavy atom. The molecule has 0 aliphatic rings. The Morgan fingerprint density at radius 2 is 1.40 bits per heavy atom. The smallest absolute Gasteiger partial charge is 0.264 e. The lowest BCUT2D eigenvalue weighted by atomic mass is 10.0. The van der Waals surface area contributed by atoms with Crippen LogP contribution in [0.2, 0.25) is 0 Å². The molecule has 0 aromatic heterocycles. The van der Waals surface area contributed by atoms with Crippen LogP contribution in [0.25, 0.3) is 0 Å². The maximum atomic E-state index is 14.6.